The summed E-state index contributed by atoms with van der Waals surface area (Å²) in [6, 6.07) is 6.92. The van der Waals surface area contributed by atoms with Gasteiger partial charge in [0, 0.05) is 19.1 Å². The Morgan fingerprint density at radius 1 is 1.36 bits per heavy atom. The zero-order valence-corrected chi connectivity index (χ0v) is 9.30. The summed E-state index contributed by atoms with van der Waals surface area (Å²) < 4.78 is 0. The highest BCUT2D eigenvalue weighted by molar-refractivity contribution is 5.30. The van der Waals surface area contributed by atoms with Gasteiger partial charge < -0.3 is 11.1 Å². The molecule has 0 amide bonds. The molecule has 78 valence electrons. The molecule has 3 N–H and O–H groups in total. The Morgan fingerprint density at radius 2 is 2.07 bits per heavy atom. The first-order chi connectivity index (χ1) is 6.63. The van der Waals surface area contributed by atoms with Gasteiger partial charge in [-0.15, -0.1) is 0 Å². The zero-order valence-electron chi connectivity index (χ0n) is 9.30. The molecule has 0 saturated heterocycles. The van der Waals surface area contributed by atoms with Gasteiger partial charge in [0.2, 0.25) is 0 Å². The molecular formula is C12H20N2. The summed E-state index contributed by atoms with van der Waals surface area (Å²) in [5.74, 6) is 0. The van der Waals surface area contributed by atoms with Crippen LogP contribution in [0.25, 0.3) is 0 Å². The van der Waals surface area contributed by atoms with Gasteiger partial charge in [-0.05, 0) is 31.9 Å². The molecule has 0 bridgehead atoms. The molecule has 0 aliphatic carbocycles. The van der Waals surface area contributed by atoms with Crippen molar-refractivity contribution in [1.82, 2.24) is 5.32 Å². The second-order valence-corrected chi connectivity index (χ2v) is 3.95. The van der Waals surface area contributed by atoms with Gasteiger partial charge in [0.1, 0.15) is 0 Å². The predicted octanol–water partition coefficient (Wildman–Crippen LogP) is 1.74. The largest absolute Gasteiger partial charge is 0.329 e. The van der Waals surface area contributed by atoms with E-state index in [0.29, 0.717) is 12.6 Å². The minimum absolute atomic E-state index is 0.384. The lowest BCUT2D eigenvalue weighted by molar-refractivity contribution is 0.555. The first-order valence-corrected chi connectivity index (χ1v) is 5.13. The van der Waals surface area contributed by atoms with E-state index in [0.717, 1.165) is 6.54 Å². The maximum absolute atomic E-state index is 5.54. The van der Waals surface area contributed by atoms with Crippen LogP contribution in [-0.4, -0.2) is 12.6 Å². The average molecular weight is 192 g/mol. The third kappa shape index (κ3) is 3.13. The van der Waals surface area contributed by atoms with Crippen LogP contribution in [0.5, 0.6) is 0 Å². The van der Waals surface area contributed by atoms with Crippen molar-refractivity contribution in [3.63, 3.8) is 0 Å². The van der Waals surface area contributed by atoms with Crippen LogP contribution in [0.1, 0.15) is 23.6 Å². The molecule has 1 aromatic carbocycles. The van der Waals surface area contributed by atoms with Gasteiger partial charge in [-0.2, -0.15) is 0 Å². The van der Waals surface area contributed by atoms with Crippen molar-refractivity contribution in [2.24, 2.45) is 5.73 Å². The second-order valence-electron chi connectivity index (χ2n) is 3.95. The molecule has 1 rings (SSSR count). The topological polar surface area (TPSA) is 38.0 Å². The van der Waals surface area contributed by atoms with Crippen LogP contribution in [0.15, 0.2) is 18.2 Å². The van der Waals surface area contributed by atoms with Crippen molar-refractivity contribution in [1.29, 1.82) is 0 Å². The Bertz CT molecular complexity index is 294. The normalized spacial score (nSPS) is 12.9. The summed E-state index contributed by atoms with van der Waals surface area (Å²) in [6.45, 7) is 7.96. The average Bonchev–Trinajstić information content (AvgIpc) is 2.19. The van der Waals surface area contributed by atoms with Crippen molar-refractivity contribution in [2.75, 3.05) is 6.54 Å². The van der Waals surface area contributed by atoms with E-state index in [9.17, 15) is 0 Å². The quantitative estimate of drug-likeness (QED) is 0.762. The smallest absolute Gasteiger partial charge is 0.0211 e. The van der Waals surface area contributed by atoms with Crippen LogP contribution in [0.2, 0.25) is 0 Å². The van der Waals surface area contributed by atoms with Gasteiger partial charge in [0.15, 0.2) is 0 Å². The molecule has 0 aliphatic rings. The van der Waals surface area contributed by atoms with E-state index in [4.69, 9.17) is 5.73 Å². The summed E-state index contributed by atoms with van der Waals surface area (Å²) >= 11 is 0. The number of hydrogen-bond donors (Lipinski definition) is 2. The van der Waals surface area contributed by atoms with Gasteiger partial charge in [0.05, 0.1) is 0 Å². The molecule has 0 spiro atoms. The van der Waals surface area contributed by atoms with Crippen molar-refractivity contribution in [2.45, 2.75) is 33.4 Å². The Morgan fingerprint density at radius 3 is 2.71 bits per heavy atom. The first kappa shape index (κ1) is 11.2. The molecule has 0 heterocycles. The minimum Gasteiger partial charge on any atom is -0.329 e. The Labute approximate surface area is 86.5 Å². The van der Waals surface area contributed by atoms with Gasteiger partial charge in [0.25, 0.3) is 0 Å². The highest BCUT2D eigenvalue weighted by Crippen LogP contribution is 2.10. The Balaban J connectivity index is 2.62. The van der Waals surface area contributed by atoms with Crippen LogP contribution >= 0.6 is 0 Å². The fraction of sp³-hybridized carbons (Fsp3) is 0.500. The van der Waals surface area contributed by atoms with E-state index in [1.165, 1.54) is 16.7 Å². The third-order valence-electron chi connectivity index (χ3n) is 2.50. The molecule has 0 unspecified atom stereocenters. The monoisotopic (exact) mass is 192 g/mol. The van der Waals surface area contributed by atoms with Crippen LogP contribution in [0.4, 0.5) is 0 Å². The molecule has 2 nitrogen and oxygen atoms in total. The fourth-order valence-corrected chi connectivity index (χ4v) is 1.36. The fourth-order valence-electron chi connectivity index (χ4n) is 1.36. The van der Waals surface area contributed by atoms with Gasteiger partial charge in [-0.3, -0.25) is 0 Å². The van der Waals surface area contributed by atoms with E-state index < -0.39 is 0 Å². The zero-order chi connectivity index (χ0) is 10.6. The molecule has 0 saturated carbocycles. The third-order valence-corrected chi connectivity index (χ3v) is 2.50. The van der Waals surface area contributed by atoms with E-state index in [2.05, 4.69) is 44.3 Å². The molecular weight excluding hydrogens is 172 g/mol. The lowest BCUT2D eigenvalue weighted by Gasteiger charge is -2.13. The molecule has 0 aromatic heterocycles. The summed E-state index contributed by atoms with van der Waals surface area (Å²) in [4.78, 5) is 0. The predicted molar refractivity (Wildman–Crippen MR) is 61.3 cm³/mol. The minimum atomic E-state index is 0.384. The highest BCUT2D eigenvalue weighted by atomic mass is 14.9. The Kier molecular flexibility index (Phi) is 4.11. The lowest BCUT2D eigenvalue weighted by atomic mass is 10.1. The number of nitrogens with one attached hydrogen (secondary N) is 1. The van der Waals surface area contributed by atoms with Crippen LogP contribution in [0.3, 0.4) is 0 Å². The molecule has 0 aliphatic heterocycles. The number of rotatable bonds is 4. The number of aryl methyl sites for hydroxylation is 2. The molecule has 0 fully saturated rings. The van der Waals surface area contributed by atoms with Gasteiger partial charge in [-0.1, -0.05) is 23.8 Å². The van der Waals surface area contributed by atoms with Gasteiger partial charge in [-0.25, -0.2) is 0 Å². The van der Waals surface area contributed by atoms with Crippen LogP contribution in [-0.2, 0) is 6.54 Å². The summed E-state index contributed by atoms with van der Waals surface area (Å²) in [7, 11) is 0. The molecule has 0 radical (unpaired) electrons. The molecule has 1 aromatic rings. The summed E-state index contributed by atoms with van der Waals surface area (Å²) in [5, 5.41) is 3.39. The number of hydrogen-bond acceptors (Lipinski definition) is 2. The van der Waals surface area contributed by atoms with Crippen molar-refractivity contribution < 1.29 is 0 Å². The van der Waals surface area contributed by atoms with Gasteiger partial charge >= 0.3 is 0 Å². The highest BCUT2D eigenvalue weighted by Gasteiger charge is 2.01. The molecule has 1 atom stereocenters. The SMILES string of the molecule is Cc1ccc(C)c(CN[C@@H](C)CN)c1. The van der Waals surface area contributed by atoms with Crippen LogP contribution in [0, 0.1) is 13.8 Å². The van der Waals surface area contributed by atoms with Crippen molar-refractivity contribution in [3.05, 3.63) is 34.9 Å². The van der Waals surface area contributed by atoms with E-state index in [1.807, 2.05) is 0 Å². The number of nitrogens with two attached hydrogens (primary N) is 1. The van der Waals surface area contributed by atoms with E-state index in [-0.39, 0.29) is 0 Å². The first-order valence-electron chi connectivity index (χ1n) is 5.13. The van der Waals surface area contributed by atoms with Crippen molar-refractivity contribution >= 4 is 0 Å². The maximum atomic E-state index is 5.54. The maximum Gasteiger partial charge on any atom is 0.0211 e. The van der Waals surface area contributed by atoms with E-state index >= 15 is 0 Å². The lowest BCUT2D eigenvalue weighted by Crippen LogP contribution is -2.32. The molecule has 14 heavy (non-hydrogen) atoms. The Hall–Kier alpha value is -0.860. The van der Waals surface area contributed by atoms with E-state index in [1.54, 1.807) is 0 Å². The summed E-state index contributed by atoms with van der Waals surface area (Å²) in [6.07, 6.45) is 0. The molecule has 2 heteroatoms. The second kappa shape index (κ2) is 5.13. The number of benzene rings is 1. The van der Waals surface area contributed by atoms with Crippen LogP contribution < -0.4 is 11.1 Å². The van der Waals surface area contributed by atoms with Crippen molar-refractivity contribution in [3.8, 4) is 0 Å². The standard InChI is InChI=1S/C12H20N2/c1-9-4-5-10(2)12(6-9)8-14-11(3)7-13/h4-6,11,14H,7-8,13H2,1-3H3/t11-/m0/s1. The summed E-state index contributed by atoms with van der Waals surface area (Å²) in [5.41, 5.74) is 9.56.